The Balaban J connectivity index is 1.35. The number of likely N-dealkylation sites (tertiary alicyclic amines) is 2. The van der Waals surface area contributed by atoms with Gasteiger partial charge in [-0.1, -0.05) is 36.4 Å². The second kappa shape index (κ2) is 11.3. The number of carbonyl (C=O) groups is 2. The van der Waals surface area contributed by atoms with Crippen molar-refractivity contribution in [1.82, 2.24) is 14.8 Å². The van der Waals surface area contributed by atoms with Crippen LogP contribution in [-0.4, -0.2) is 58.9 Å². The van der Waals surface area contributed by atoms with Gasteiger partial charge in [-0.15, -0.1) is 0 Å². The maximum Gasteiger partial charge on any atom is 0.329 e. The summed E-state index contributed by atoms with van der Waals surface area (Å²) in [6.45, 7) is 5.71. The van der Waals surface area contributed by atoms with E-state index in [1.807, 2.05) is 49.4 Å². The molecule has 33 heavy (non-hydrogen) atoms. The van der Waals surface area contributed by atoms with Crippen molar-refractivity contribution in [1.29, 1.82) is 0 Å². The molecule has 0 bridgehead atoms. The number of hydrogen-bond donors (Lipinski definition) is 0. The van der Waals surface area contributed by atoms with Crippen molar-refractivity contribution in [3.63, 3.8) is 0 Å². The standard InChI is InChI=1S/C26H33N3O4/c1-2-32-24-21(11-6-14-27-24)17-28-15-7-12-22(18-28)25(30)29-16-8-13-23(29)26(31)33-19-20-9-4-3-5-10-20/h3-6,9-11,14,22-23H,2,7-8,12-13,15-19H2,1H3/t22?,23-/m0/s1. The lowest BCUT2D eigenvalue weighted by Gasteiger charge is -2.35. The summed E-state index contributed by atoms with van der Waals surface area (Å²) in [5.74, 6) is 0.340. The molecule has 2 aliphatic heterocycles. The van der Waals surface area contributed by atoms with Gasteiger partial charge in [0.1, 0.15) is 12.6 Å². The van der Waals surface area contributed by atoms with Crippen LogP contribution in [0.5, 0.6) is 5.88 Å². The zero-order valence-corrected chi connectivity index (χ0v) is 19.3. The quantitative estimate of drug-likeness (QED) is 0.573. The van der Waals surface area contributed by atoms with Gasteiger partial charge in [-0.05, 0) is 50.8 Å². The minimum Gasteiger partial charge on any atom is -0.478 e. The zero-order valence-electron chi connectivity index (χ0n) is 19.3. The number of benzene rings is 1. The van der Waals surface area contributed by atoms with Crippen LogP contribution < -0.4 is 4.74 Å². The van der Waals surface area contributed by atoms with Gasteiger partial charge in [0, 0.05) is 31.4 Å². The van der Waals surface area contributed by atoms with Gasteiger partial charge in [0.05, 0.1) is 12.5 Å². The molecule has 2 saturated heterocycles. The van der Waals surface area contributed by atoms with Crippen LogP contribution in [0, 0.1) is 5.92 Å². The molecule has 7 nitrogen and oxygen atoms in total. The highest BCUT2D eigenvalue weighted by molar-refractivity contribution is 5.86. The van der Waals surface area contributed by atoms with Gasteiger partial charge in [-0.25, -0.2) is 9.78 Å². The summed E-state index contributed by atoms with van der Waals surface area (Å²) in [5.41, 5.74) is 1.99. The molecule has 0 radical (unpaired) electrons. The molecular weight excluding hydrogens is 418 g/mol. The monoisotopic (exact) mass is 451 g/mol. The van der Waals surface area contributed by atoms with E-state index in [1.165, 1.54) is 0 Å². The third-order valence-electron chi connectivity index (χ3n) is 6.41. The molecular formula is C26H33N3O4. The highest BCUT2D eigenvalue weighted by Gasteiger charge is 2.39. The van der Waals surface area contributed by atoms with E-state index in [9.17, 15) is 9.59 Å². The smallest absolute Gasteiger partial charge is 0.329 e. The fourth-order valence-electron chi connectivity index (χ4n) is 4.79. The van der Waals surface area contributed by atoms with Crippen LogP contribution in [0.3, 0.4) is 0 Å². The van der Waals surface area contributed by atoms with E-state index in [2.05, 4.69) is 9.88 Å². The lowest BCUT2D eigenvalue weighted by Crippen LogP contribution is -2.48. The normalized spacial score (nSPS) is 21.1. The minimum absolute atomic E-state index is 0.0788. The summed E-state index contributed by atoms with van der Waals surface area (Å²) in [6, 6.07) is 13.1. The number of aromatic nitrogens is 1. The van der Waals surface area contributed by atoms with Gasteiger partial charge in [0.25, 0.3) is 0 Å². The van der Waals surface area contributed by atoms with Crippen LogP contribution in [0.25, 0.3) is 0 Å². The second-order valence-electron chi connectivity index (χ2n) is 8.76. The third kappa shape index (κ3) is 5.90. The van der Waals surface area contributed by atoms with Gasteiger partial charge >= 0.3 is 5.97 Å². The number of hydrogen-bond acceptors (Lipinski definition) is 6. The van der Waals surface area contributed by atoms with Gasteiger partial charge in [-0.3, -0.25) is 9.69 Å². The molecule has 176 valence electrons. The number of nitrogens with zero attached hydrogens (tertiary/aromatic N) is 3. The number of ether oxygens (including phenoxy) is 2. The molecule has 0 spiro atoms. The Bertz CT molecular complexity index is 936. The van der Waals surface area contributed by atoms with Crippen molar-refractivity contribution >= 4 is 11.9 Å². The number of amides is 1. The molecule has 7 heteroatoms. The molecule has 4 rings (SSSR count). The molecule has 2 fully saturated rings. The lowest BCUT2D eigenvalue weighted by atomic mass is 9.95. The second-order valence-corrected chi connectivity index (χ2v) is 8.76. The van der Waals surface area contributed by atoms with Gasteiger partial charge in [-0.2, -0.15) is 0 Å². The summed E-state index contributed by atoms with van der Waals surface area (Å²) < 4.78 is 11.2. The van der Waals surface area contributed by atoms with Gasteiger partial charge < -0.3 is 14.4 Å². The van der Waals surface area contributed by atoms with Crippen molar-refractivity contribution in [2.24, 2.45) is 5.92 Å². The molecule has 1 aromatic heterocycles. The number of pyridine rings is 1. The Morgan fingerprint density at radius 3 is 2.70 bits per heavy atom. The Hall–Kier alpha value is -2.93. The number of carbonyl (C=O) groups excluding carboxylic acids is 2. The van der Waals surface area contributed by atoms with E-state index >= 15 is 0 Å². The number of esters is 1. The van der Waals surface area contributed by atoms with Crippen LogP contribution in [0.2, 0.25) is 0 Å². The molecule has 2 atom stereocenters. The largest absolute Gasteiger partial charge is 0.478 e. The minimum atomic E-state index is -0.473. The fraction of sp³-hybridized carbons (Fsp3) is 0.500. The van der Waals surface area contributed by atoms with E-state index in [4.69, 9.17) is 9.47 Å². The molecule has 2 aromatic rings. The van der Waals surface area contributed by atoms with Crippen LogP contribution in [0.4, 0.5) is 0 Å². The van der Waals surface area contributed by atoms with Crippen molar-refractivity contribution < 1.29 is 19.1 Å². The van der Waals surface area contributed by atoms with Gasteiger partial charge in [0.15, 0.2) is 0 Å². The van der Waals surface area contributed by atoms with E-state index in [1.54, 1.807) is 11.1 Å². The molecule has 0 N–H and O–H groups in total. The molecule has 3 heterocycles. The Labute approximate surface area is 195 Å². The molecule has 0 saturated carbocycles. The average molecular weight is 452 g/mol. The number of piperidine rings is 1. The number of rotatable bonds is 8. The average Bonchev–Trinajstić information content (AvgIpc) is 3.34. The van der Waals surface area contributed by atoms with Crippen LogP contribution >= 0.6 is 0 Å². The Morgan fingerprint density at radius 2 is 1.88 bits per heavy atom. The molecule has 0 aliphatic carbocycles. The molecule has 1 unspecified atom stereocenters. The van der Waals surface area contributed by atoms with Crippen molar-refractivity contribution in [2.75, 3.05) is 26.2 Å². The maximum absolute atomic E-state index is 13.4. The maximum atomic E-state index is 13.4. The lowest BCUT2D eigenvalue weighted by molar-refractivity contribution is -0.156. The summed E-state index contributed by atoms with van der Waals surface area (Å²) in [7, 11) is 0. The summed E-state index contributed by atoms with van der Waals surface area (Å²) in [5, 5.41) is 0. The fourth-order valence-corrected chi connectivity index (χ4v) is 4.79. The molecule has 2 aliphatic rings. The van der Waals surface area contributed by atoms with Crippen LogP contribution in [0.1, 0.15) is 43.7 Å². The first-order chi connectivity index (χ1) is 16.2. The zero-order chi connectivity index (χ0) is 23.0. The molecule has 1 aromatic carbocycles. The van der Waals surface area contributed by atoms with Crippen LogP contribution in [0.15, 0.2) is 48.7 Å². The third-order valence-corrected chi connectivity index (χ3v) is 6.41. The van der Waals surface area contributed by atoms with E-state index in [-0.39, 0.29) is 24.4 Å². The predicted octanol–water partition coefficient (Wildman–Crippen LogP) is 3.43. The van der Waals surface area contributed by atoms with Crippen LogP contribution in [-0.2, 0) is 27.5 Å². The Morgan fingerprint density at radius 1 is 1.06 bits per heavy atom. The van der Waals surface area contributed by atoms with Gasteiger partial charge in [0.2, 0.25) is 11.8 Å². The Kier molecular flexibility index (Phi) is 7.94. The van der Waals surface area contributed by atoms with Crippen molar-refractivity contribution in [3.8, 4) is 5.88 Å². The van der Waals surface area contributed by atoms with E-state index < -0.39 is 6.04 Å². The van der Waals surface area contributed by atoms with Crippen molar-refractivity contribution in [3.05, 3.63) is 59.8 Å². The summed E-state index contributed by atoms with van der Waals surface area (Å²) in [6.07, 6.45) is 5.05. The first-order valence-corrected chi connectivity index (χ1v) is 12.0. The summed E-state index contributed by atoms with van der Waals surface area (Å²) >= 11 is 0. The predicted molar refractivity (Wildman–Crippen MR) is 124 cm³/mol. The molecule has 1 amide bonds. The van der Waals surface area contributed by atoms with E-state index in [0.29, 0.717) is 38.5 Å². The highest BCUT2D eigenvalue weighted by Crippen LogP contribution is 2.27. The first-order valence-electron chi connectivity index (χ1n) is 12.0. The topological polar surface area (TPSA) is 72.0 Å². The van der Waals surface area contributed by atoms with Crippen molar-refractivity contribution in [2.45, 2.75) is 51.8 Å². The highest BCUT2D eigenvalue weighted by atomic mass is 16.5. The summed E-state index contributed by atoms with van der Waals surface area (Å²) in [4.78, 5) is 34.6. The van der Waals surface area contributed by atoms with E-state index in [0.717, 1.165) is 36.9 Å². The first kappa shape index (κ1) is 23.2. The SMILES string of the molecule is CCOc1ncccc1CN1CCCC(C(=O)N2CCC[C@H]2C(=O)OCc2ccccc2)C1.